The van der Waals surface area contributed by atoms with Gasteiger partial charge in [-0.3, -0.25) is 0 Å². The molecule has 0 bridgehead atoms. The van der Waals surface area contributed by atoms with Gasteiger partial charge in [0.1, 0.15) is 0 Å². The van der Waals surface area contributed by atoms with Gasteiger partial charge < -0.3 is 14.6 Å². The quantitative estimate of drug-likeness (QED) is 0.743. The zero-order chi connectivity index (χ0) is 12.6. The minimum atomic E-state index is -0.236. The van der Waals surface area contributed by atoms with Crippen LogP contribution in [0.15, 0.2) is 0 Å². The van der Waals surface area contributed by atoms with E-state index in [1.807, 2.05) is 0 Å². The lowest BCUT2D eigenvalue weighted by Crippen LogP contribution is -2.32. The molecule has 18 heavy (non-hydrogen) atoms. The summed E-state index contributed by atoms with van der Waals surface area (Å²) in [5.74, 6) is 0.863. The molecule has 2 aliphatic heterocycles. The summed E-state index contributed by atoms with van der Waals surface area (Å²) in [7, 11) is 0. The van der Waals surface area contributed by atoms with Gasteiger partial charge in [-0.05, 0) is 44.4 Å². The molecule has 0 amide bonds. The Kier molecular flexibility index (Phi) is 6.46. The van der Waals surface area contributed by atoms with Gasteiger partial charge in [0.05, 0.1) is 12.2 Å². The smallest absolute Gasteiger partial charge is 0.0833 e. The lowest BCUT2D eigenvalue weighted by molar-refractivity contribution is -0.0649. The Hall–Kier alpha value is -0.120. The van der Waals surface area contributed by atoms with Crippen molar-refractivity contribution in [3.63, 3.8) is 0 Å². The van der Waals surface area contributed by atoms with E-state index in [0.29, 0.717) is 0 Å². The van der Waals surface area contributed by atoms with Crippen molar-refractivity contribution in [2.75, 3.05) is 19.8 Å². The highest BCUT2D eigenvalue weighted by molar-refractivity contribution is 4.73. The number of unbranched alkanes of at least 4 members (excludes halogenated alkanes) is 1. The van der Waals surface area contributed by atoms with Crippen molar-refractivity contribution in [3.8, 4) is 0 Å². The molecular weight excluding hydrogens is 228 g/mol. The van der Waals surface area contributed by atoms with E-state index in [2.05, 4.69) is 0 Å². The minimum absolute atomic E-state index is 0.113. The van der Waals surface area contributed by atoms with Crippen molar-refractivity contribution in [2.24, 2.45) is 5.92 Å². The molecule has 0 aromatic heterocycles. The molecule has 0 radical (unpaired) electrons. The predicted molar refractivity (Wildman–Crippen MR) is 71.6 cm³/mol. The van der Waals surface area contributed by atoms with Gasteiger partial charge in [0.25, 0.3) is 0 Å². The van der Waals surface area contributed by atoms with E-state index in [1.165, 1.54) is 32.1 Å². The largest absolute Gasteiger partial charge is 0.390 e. The fraction of sp³-hybridized carbons (Fsp3) is 1.00. The molecular formula is C15H28O3. The standard InChI is InChI=1S/C15H28O3/c16-14(15-7-3-4-10-18-15)6-2-1-5-13-8-11-17-12-9-13/h13-16H,1-12H2. The zero-order valence-corrected chi connectivity index (χ0v) is 11.5. The summed E-state index contributed by atoms with van der Waals surface area (Å²) in [6, 6.07) is 0. The first-order valence-corrected chi connectivity index (χ1v) is 7.73. The maximum Gasteiger partial charge on any atom is 0.0833 e. The molecule has 2 atom stereocenters. The van der Waals surface area contributed by atoms with Crippen LogP contribution in [0.3, 0.4) is 0 Å². The van der Waals surface area contributed by atoms with Gasteiger partial charge in [0.15, 0.2) is 0 Å². The molecule has 2 fully saturated rings. The SMILES string of the molecule is OC(CCCCC1CCOCC1)C1CCCCO1. The number of hydrogen-bond donors (Lipinski definition) is 1. The molecule has 0 aromatic carbocycles. The van der Waals surface area contributed by atoms with Crippen LogP contribution in [0.1, 0.15) is 57.8 Å². The molecule has 0 aliphatic carbocycles. The minimum Gasteiger partial charge on any atom is -0.390 e. The van der Waals surface area contributed by atoms with Crippen LogP contribution in [0.4, 0.5) is 0 Å². The summed E-state index contributed by atoms with van der Waals surface area (Å²) in [5.41, 5.74) is 0. The highest BCUT2D eigenvalue weighted by Gasteiger charge is 2.22. The molecule has 2 heterocycles. The van der Waals surface area contributed by atoms with Crippen LogP contribution >= 0.6 is 0 Å². The van der Waals surface area contributed by atoms with Crippen molar-refractivity contribution in [2.45, 2.75) is 70.0 Å². The molecule has 2 saturated heterocycles. The third-order valence-electron chi connectivity index (χ3n) is 4.35. The third-order valence-corrected chi connectivity index (χ3v) is 4.35. The molecule has 0 spiro atoms. The summed E-state index contributed by atoms with van der Waals surface area (Å²) in [5, 5.41) is 10.1. The predicted octanol–water partition coefficient (Wildman–Crippen LogP) is 2.90. The van der Waals surface area contributed by atoms with E-state index in [9.17, 15) is 5.11 Å². The molecule has 2 unspecified atom stereocenters. The van der Waals surface area contributed by atoms with Crippen molar-refractivity contribution < 1.29 is 14.6 Å². The molecule has 0 aromatic rings. The first-order valence-electron chi connectivity index (χ1n) is 7.73. The second-order valence-corrected chi connectivity index (χ2v) is 5.81. The van der Waals surface area contributed by atoms with Gasteiger partial charge in [-0.2, -0.15) is 0 Å². The fourth-order valence-electron chi connectivity index (χ4n) is 3.08. The number of aliphatic hydroxyl groups excluding tert-OH is 1. The van der Waals surface area contributed by atoms with Gasteiger partial charge in [-0.15, -0.1) is 0 Å². The van der Waals surface area contributed by atoms with Crippen molar-refractivity contribution >= 4 is 0 Å². The summed E-state index contributed by atoms with van der Waals surface area (Å²) in [6.07, 6.45) is 10.4. The summed E-state index contributed by atoms with van der Waals surface area (Å²) in [4.78, 5) is 0. The van der Waals surface area contributed by atoms with E-state index < -0.39 is 0 Å². The van der Waals surface area contributed by atoms with E-state index in [0.717, 1.165) is 51.4 Å². The maximum atomic E-state index is 10.1. The first kappa shape index (κ1) is 14.3. The van der Waals surface area contributed by atoms with Crippen LogP contribution in [0.25, 0.3) is 0 Å². The lowest BCUT2D eigenvalue weighted by Gasteiger charge is -2.27. The lowest BCUT2D eigenvalue weighted by atomic mass is 9.92. The Morgan fingerprint density at radius 2 is 1.83 bits per heavy atom. The maximum absolute atomic E-state index is 10.1. The average molecular weight is 256 g/mol. The molecule has 106 valence electrons. The summed E-state index contributed by atoms with van der Waals surface area (Å²) in [6.45, 7) is 2.73. The van der Waals surface area contributed by atoms with Crippen LogP contribution in [-0.2, 0) is 9.47 Å². The number of aliphatic hydroxyl groups is 1. The van der Waals surface area contributed by atoms with E-state index in [-0.39, 0.29) is 12.2 Å². The Morgan fingerprint density at radius 3 is 2.56 bits per heavy atom. The van der Waals surface area contributed by atoms with Crippen LogP contribution < -0.4 is 0 Å². The Bertz CT molecular complexity index is 208. The van der Waals surface area contributed by atoms with Crippen LogP contribution in [0.5, 0.6) is 0 Å². The van der Waals surface area contributed by atoms with Gasteiger partial charge in [-0.1, -0.05) is 19.3 Å². The highest BCUT2D eigenvalue weighted by atomic mass is 16.5. The van der Waals surface area contributed by atoms with E-state index >= 15 is 0 Å². The topological polar surface area (TPSA) is 38.7 Å². The van der Waals surface area contributed by atoms with Gasteiger partial charge in [-0.25, -0.2) is 0 Å². The van der Waals surface area contributed by atoms with Crippen molar-refractivity contribution in [1.82, 2.24) is 0 Å². The van der Waals surface area contributed by atoms with E-state index in [1.54, 1.807) is 0 Å². The van der Waals surface area contributed by atoms with Crippen LogP contribution in [0, 0.1) is 5.92 Å². The number of rotatable bonds is 6. The molecule has 2 rings (SSSR count). The van der Waals surface area contributed by atoms with Gasteiger partial charge in [0.2, 0.25) is 0 Å². The van der Waals surface area contributed by atoms with E-state index in [4.69, 9.17) is 9.47 Å². The number of ether oxygens (including phenoxy) is 2. The van der Waals surface area contributed by atoms with Crippen LogP contribution in [0.2, 0.25) is 0 Å². The second kappa shape index (κ2) is 8.13. The molecule has 3 heteroatoms. The number of hydrogen-bond acceptors (Lipinski definition) is 3. The molecule has 0 saturated carbocycles. The summed E-state index contributed by atoms with van der Waals surface area (Å²) >= 11 is 0. The highest BCUT2D eigenvalue weighted by Crippen LogP contribution is 2.23. The summed E-state index contributed by atoms with van der Waals surface area (Å²) < 4.78 is 11.0. The van der Waals surface area contributed by atoms with Gasteiger partial charge in [0, 0.05) is 19.8 Å². The Labute approximate surface area is 111 Å². The molecule has 2 aliphatic rings. The average Bonchev–Trinajstić information content (AvgIpc) is 2.45. The Balaban J connectivity index is 1.51. The molecule has 3 nitrogen and oxygen atoms in total. The normalized spacial score (nSPS) is 28.2. The molecule has 1 N–H and O–H groups in total. The fourth-order valence-corrected chi connectivity index (χ4v) is 3.08. The Morgan fingerprint density at radius 1 is 1.00 bits per heavy atom. The zero-order valence-electron chi connectivity index (χ0n) is 11.5. The van der Waals surface area contributed by atoms with Crippen LogP contribution in [-0.4, -0.2) is 37.1 Å². The van der Waals surface area contributed by atoms with Crippen molar-refractivity contribution in [3.05, 3.63) is 0 Å². The van der Waals surface area contributed by atoms with Gasteiger partial charge >= 0.3 is 0 Å². The second-order valence-electron chi connectivity index (χ2n) is 5.81. The monoisotopic (exact) mass is 256 g/mol. The first-order chi connectivity index (χ1) is 8.86. The van der Waals surface area contributed by atoms with Crippen molar-refractivity contribution in [1.29, 1.82) is 0 Å². The third kappa shape index (κ3) is 4.87.